The first-order chi connectivity index (χ1) is 17.0. The summed E-state index contributed by atoms with van der Waals surface area (Å²) in [6.45, 7) is 8.76. The summed E-state index contributed by atoms with van der Waals surface area (Å²) in [6.07, 6.45) is 0. The van der Waals surface area contributed by atoms with Gasteiger partial charge in [0, 0.05) is 30.6 Å². The number of fused-ring (bicyclic) bond motifs is 1. The van der Waals surface area contributed by atoms with E-state index >= 15 is 0 Å². The fraction of sp³-hybridized carbons (Fsp3) is 0.357. The molecule has 1 fully saturated rings. The molecule has 35 heavy (non-hydrogen) atoms. The number of amides is 1. The summed E-state index contributed by atoms with van der Waals surface area (Å²) in [4.78, 5) is 28.5. The van der Waals surface area contributed by atoms with Gasteiger partial charge in [-0.1, -0.05) is 44.2 Å². The van der Waals surface area contributed by atoms with Crippen LogP contribution in [0.3, 0.4) is 0 Å². The third kappa shape index (κ3) is 5.81. The number of hydrogen-bond acceptors (Lipinski definition) is 6. The van der Waals surface area contributed by atoms with Gasteiger partial charge in [0.05, 0.1) is 26.0 Å². The van der Waals surface area contributed by atoms with Crippen LogP contribution in [0.4, 0.5) is 5.69 Å². The first-order valence-electron chi connectivity index (χ1n) is 12.0. The number of anilines is 1. The molecule has 4 rings (SSSR count). The van der Waals surface area contributed by atoms with Gasteiger partial charge in [-0.2, -0.15) is 0 Å². The zero-order valence-corrected chi connectivity index (χ0v) is 20.5. The molecule has 1 heterocycles. The fourth-order valence-corrected chi connectivity index (χ4v) is 4.19. The number of nitrogens with zero attached hydrogens (tertiary/aromatic N) is 1. The molecule has 0 bridgehead atoms. The van der Waals surface area contributed by atoms with E-state index in [-0.39, 0.29) is 5.92 Å². The summed E-state index contributed by atoms with van der Waals surface area (Å²) < 4.78 is 16.8. The number of rotatable bonds is 9. The lowest BCUT2D eigenvalue weighted by molar-refractivity contribution is -0.112. The van der Waals surface area contributed by atoms with Crippen LogP contribution >= 0.6 is 0 Å². The molecule has 1 aliphatic rings. The Hall–Kier alpha value is -3.42. The van der Waals surface area contributed by atoms with Gasteiger partial charge < -0.3 is 19.5 Å². The lowest BCUT2D eigenvalue weighted by Gasteiger charge is -2.26. The lowest BCUT2D eigenvalue weighted by atomic mass is 9.99. The van der Waals surface area contributed by atoms with Crippen molar-refractivity contribution in [2.24, 2.45) is 0 Å². The van der Waals surface area contributed by atoms with Gasteiger partial charge >= 0.3 is 0 Å². The molecule has 7 nitrogen and oxygen atoms in total. The number of ether oxygens (including phenoxy) is 3. The van der Waals surface area contributed by atoms with Crippen LogP contribution in [0.1, 0.15) is 35.7 Å². The minimum absolute atomic E-state index is 0.270. The van der Waals surface area contributed by atoms with E-state index in [4.69, 9.17) is 14.2 Å². The third-order valence-corrected chi connectivity index (χ3v) is 6.24. The molecule has 0 atom stereocenters. The van der Waals surface area contributed by atoms with Gasteiger partial charge in [0.25, 0.3) is 11.7 Å². The first kappa shape index (κ1) is 24.7. The highest BCUT2D eigenvalue weighted by molar-refractivity contribution is 6.48. The van der Waals surface area contributed by atoms with Gasteiger partial charge in [0.2, 0.25) is 0 Å². The Morgan fingerprint density at radius 1 is 1.00 bits per heavy atom. The molecule has 1 amide bonds. The van der Waals surface area contributed by atoms with Gasteiger partial charge in [0.15, 0.2) is 0 Å². The van der Waals surface area contributed by atoms with Crippen LogP contribution < -0.4 is 14.8 Å². The van der Waals surface area contributed by atoms with Crippen molar-refractivity contribution in [2.45, 2.75) is 19.8 Å². The maximum Gasteiger partial charge on any atom is 0.296 e. The van der Waals surface area contributed by atoms with Crippen molar-refractivity contribution in [1.82, 2.24) is 4.90 Å². The normalized spacial score (nSPS) is 14.2. The second-order valence-electron chi connectivity index (χ2n) is 8.86. The second kappa shape index (κ2) is 11.3. The Bertz CT molecular complexity index is 1200. The van der Waals surface area contributed by atoms with E-state index in [9.17, 15) is 9.59 Å². The van der Waals surface area contributed by atoms with Gasteiger partial charge in [0.1, 0.15) is 18.1 Å². The SMILES string of the molecule is COc1ccc(C(C)C)cc1NC(=O)C(=O)c1ccc(OCCN2CCOCC2)c2ccccc12. The van der Waals surface area contributed by atoms with E-state index < -0.39 is 11.7 Å². The largest absolute Gasteiger partial charge is 0.495 e. The van der Waals surface area contributed by atoms with Crippen LogP contribution in [0, 0.1) is 0 Å². The number of methoxy groups -OCH3 is 1. The number of hydrogen-bond donors (Lipinski definition) is 1. The summed E-state index contributed by atoms with van der Waals surface area (Å²) in [5.41, 5.74) is 1.85. The number of nitrogens with one attached hydrogen (secondary N) is 1. The molecule has 0 spiro atoms. The molecule has 0 aromatic heterocycles. The molecular formula is C28H32N2O5. The Morgan fingerprint density at radius 3 is 2.43 bits per heavy atom. The van der Waals surface area contributed by atoms with Crippen molar-refractivity contribution in [1.29, 1.82) is 0 Å². The molecule has 3 aromatic rings. The topological polar surface area (TPSA) is 77.1 Å². The minimum atomic E-state index is -0.713. The molecular weight excluding hydrogens is 444 g/mol. The van der Waals surface area contributed by atoms with E-state index in [0.29, 0.717) is 34.7 Å². The fourth-order valence-electron chi connectivity index (χ4n) is 4.19. The molecule has 0 radical (unpaired) electrons. The van der Waals surface area contributed by atoms with Crippen molar-refractivity contribution < 1.29 is 23.8 Å². The minimum Gasteiger partial charge on any atom is -0.495 e. The Labute approximate surface area is 206 Å². The summed E-state index contributed by atoms with van der Waals surface area (Å²) in [5.74, 6) is 0.141. The van der Waals surface area contributed by atoms with Crippen LogP contribution in [0.5, 0.6) is 11.5 Å². The maximum atomic E-state index is 13.2. The lowest BCUT2D eigenvalue weighted by Crippen LogP contribution is -2.38. The molecule has 184 valence electrons. The molecule has 3 aromatic carbocycles. The summed E-state index contributed by atoms with van der Waals surface area (Å²) >= 11 is 0. The van der Waals surface area contributed by atoms with Crippen LogP contribution in [-0.4, -0.2) is 63.2 Å². The van der Waals surface area contributed by atoms with Gasteiger partial charge in [-0.3, -0.25) is 14.5 Å². The molecule has 1 saturated heterocycles. The van der Waals surface area contributed by atoms with Gasteiger partial charge in [-0.05, 0) is 41.1 Å². The number of morpholine rings is 1. The van der Waals surface area contributed by atoms with Crippen LogP contribution in [0.15, 0.2) is 54.6 Å². The number of carbonyl (C=O) groups excluding carboxylic acids is 2. The van der Waals surface area contributed by atoms with Crippen LogP contribution in [0.2, 0.25) is 0 Å². The molecule has 0 aliphatic carbocycles. The molecule has 0 unspecified atom stereocenters. The van der Waals surface area contributed by atoms with E-state index in [1.165, 1.54) is 7.11 Å². The zero-order chi connectivity index (χ0) is 24.8. The molecule has 0 saturated carbocycles. The van der Waals surface area contributed by atoms with Crippen LogP contribution in [0.25, 0.3) is 10.8 Å². The van der Waals surface area contributed by atoms with E-state index in [2.05, 4.69) is 24.1 Å². The highest BCUT2D eigenvalue weighted by Gasteiger charge is 2.22. The monoisotopic (exact) mass is 476 g/mol. The van der Waals surface area contributed by atoms with Crippen molar-refractivity contribution in [2.75, 3.05) is 51.9 Å². The Kier molecular flexibility index (Phi) is 8.00. The molecule has 1 N–H and O–H groups in total. The highest BCUT2D eigenvalue weighted by Crippen LogP contribution is 2.31. The van der Waals surface area contributed by atoms with Crippen molar-refractivity contribution in [3.63, 3.8) is 0 Å². The van der Waals surface area contributed by atoms with E-state index in [1.54, 1.807) is 18.2 Å². The van der Waals surface area contributed by atoms with Crippen molar-refractivity contribution in [3.8, 4) is 11.5 Å². The van der Waals surface area contributed by atoms with Crippen molar-refractivity contribution in [3.05, 3.63) is 65.7 Å². The summed E-state index contributed by atoms with van der Waals surface area (Å²) in [5, 5.41) is 4.22. The van der Waals surface area contributed by atoms with E-state index in [0.717, 1.165) is 43.8 Å². The van der Waals surface area contributed by atoms with Gasteiger partial charge in [-0.25, -0.2) is 0 Å². The van der Waals surface area contributed by atoms with Crippen molar-refractivity contribution >= 4 is 28.2 Å². The predicted molar refractivity (Wildman–Crippen MR) is 137 cm³/mol. The number of ketones is 1. The quantitative estimate of drug-likeness (QED) is 0.362. The zero-order valence-electron chi connectivity index (χ0n) is 20.5. The number of carbonyl (C=O) groups is 2. The average Bonchev–Trinajstić information content (AvgIpc) is 2.88. The number of benzene rings is 3. The predicted octanol–water partition coefficient (Wildman–Crippen LogP) is 4.50. The van der Waals surface area contributed by atoms with Gasteiger partial charge in [-0.15, -0.1) is 0 Å². The first-order valence-corrected chi connectivity index (χ1v) is 12.0. The van der Waals surface area contributed by atoms with Crippen LogP contribution in [-0.2, 0) is 9.53 Å². The molecule has 1 aliphatic heterocycles. The smallest absolute Gasteiger partial charge is 0.296 e. The molecule has 7 heteroatoms. The summed E-state index contributed by atoms with van der Waals surface area (Å²) in [7, 11) is 1.53. The standard InChI is InChI=1S/C28H32N2O5/c1-19(2)20-8-10-26(33-3)24(18-20)29-28(32)27(31)23-9-11-25(22-7-5-4-6-21(22)23)35-17-14-30-12-15-34-16-13-30/h4-11,18-19H,12-17H2,1-3H3,(H,29,32). The Balaban J connectivity index is 1.52. The third-order valence-electron chi connectivity index (χ3n) is 6.24. The highest BCUT2D eigenvalue weighted by atomic mass is 16.5. The maximum absolute atomic E-state index is 13.2. The number of Topliss-reactive ketones (excluding diaryl/α,β-unsaturated/α-hetero) is 1. The average molecular weight is 477 g/mol. The second-order valence-corrected chi connectivity index (χ2v) is 8.86. The summed E-state index contributed by atoms with van der Waals surface area (Å²) in [6, 6.07) is 16.5. The Morgan fingerprint density at radius 2 is 1.71 bits per heavy atom. The van der Waals surface area contributed by atoms with E-state index in [1.807, 2.05) is 36.4 Å².